The van der Waals surface area contributed by atoms with Gasteiger partial charge in [0.25, 0.3) is 0 Å². The lowest BCUT2D eigenvalue weighted by atomic mass is 9.96. The summed E-state index contributed by atoms with van der Waals surface area (Å²) in [6.45, 7) is 4.22. The van der Waals surface area contributed by atoms with Crippen LogP contribution < -0.4 is 5.73 Å². The van der Waals surface area contributed by atoms with Crippen LogP contribution in [0.15, 0.2) is 0 Å². The summed E-state index contributed by atoms with van der Waals surface area (Å²) in [6.07, 6.45) is 0.0997. The van der Waals surface area contributed by atoms with Crippen LogP contribution in [-0.2, 0) is 14.3 Å². The molecule has 0 bridgehead atoms. The van der Waals surface area contributed by atoms with Crippen molar-refractivity contribution in [3.8, 4) is 0 Å². The average Bonchev–Trinajstić information content (AvgIpc) is 2.03. The van der Waals surface area contributed by atoms with Crippen molar-refractivity contribution in [2.45, 2.75) is 31.9 Å². The van der Waals surface area contributed by atoms with Gasteiger partial charge in [0.2, 0.25) is 0 Å². The molecule has 0 amide bonds. The molecule has 0 saturated heterocycles. The number of carbonyl (C=O) groups is 1. The Morgan fingerprint density at radius 3 is 2.57 bits per heavy atom. The molecular weight excluding hydrogens is 186 g/mol. The lowest BCUT2D eigenvalue weighted by Gasteiger charge is -2.23. The Bertz CT molecular complexity index is 182. The number of ether oxygens (including phenoxy) is 2. The first kappa shape index (κ1) is 13.4. The molecule has 84 valence electrons. The average molecular weight is 205 g/mol. The molecule has 0 saturated carbocycles. The van der Waals surface area contributed by atoms with Crippen molar-refractivity contribution in [1.82, 2.24) is 0 Å². The van der Waals surface area contributed by atoms with Gasteiger partial charge in [-0.25, -0.2) is 0 Å². The predicted molar refractivity (Wildman–Crippen MR) is 52.1 cm³/mol. The molecule has 0 aliphatic heterocycles. The zero-order valence-corrected chi connectivity index (χ0v) is 8.95. The highest BCUT2D eigenvalue weighted by molar-refractivity contribution is 5.77. The van der Waals surface area contributed by atoms with Crippen LogP contribution >= 0.6 is 0 Å². The summed E-state index contributed by atoms with van der Waals surface area (Å²) < 4.78 is 10.1. The van der Waals surface area contributed by atoms with E-state index in [0.717, 1.165) is 0 Å². The minimum absolute atomic E-state index is 0.184. The molecule has 0 aliphatic carbocycles. The highest BCUT2D eigenvalue weighted by Crippen LogP contribution is 2.11. The van der Waals surface area contributed by atoms with Crippen molar-refractivity contribution in [3.05, 3.63) is 0 Å². The summed E-state index contributed by atoms with van der Waals surface area (Å²) in [5.74, 6) is -1.01. The van der Waals surface area contributed by atoms with Crippen LogP contribution in [0.25, 0.3) is 0 Å². The molecule has 0 rings (SSSR count). The highest BCUT2D eigenvalue weighted by atomic mass is 16.5. The second kappa shape index (κ2) is 5.95. The van der Waals surface area contributed by atoms with Crippen LogP contribution in [0.4, 0.5) is 0 Å². The number of rotatable bonds is 7. The van der Waals surface area contributed by atoms with Gasteiger partial charge in [-0.3, -0.25) is 4.79 Å². The van der Waals surface area contributed by atoms with Gasteiger partial charge in [-0.05, 0) is 13.8 Å². The first-order chi connectivity index (χ1) is 6.40. The monoisotopic (exact) mass is 205 g/mol. The fourth-order valence-electron chi connectivity index (χ4n) is 1.08. The molecule has 2 atom stereocenters. The van der Waals surface area contributed by atoms with Gasteiger partial charge in [-0.15, -0.1) is 0 Å². The Labute approximate surface area is 84.2 Å². The Morgan fingerprint density at radius 2 is 2.14 bits per heavy atom. The molecule has 0 radical (unpaired) electrons. The Balaban J connectivity index is 3.81. The summed E-state index contributed by atoms with van der Waals surface area (Å²) in [7, 11) is 1.58. The normalized spacial score (nSPS) is 17.4. The maximum absolute atomic E-state index is 10.7. The van der Waals surface area contributed by atoms with Crippen molar-refractivity contribution in [2.75, 3.05) is 20.3 Å². The fraction of sp³-hybridized carbons (Fsp3) is 0.889. The number of carboxylic acids is 1. The van der Waals surface area contributed by atoms with E-state index in [0.29, 0.717) is 13.2 Å². The van der Waals surface area contributed by atoms with E-state index in [4.69, 9.17) is 20.3 Å². The zero-order valence-electron chi connectivity index (χ0n) is 8.95. The van der Waals surface area contributed by atoms with E-state index >= 15 is 0 Å². The first-order valence-corrected chi connectivity index (χ1v) is 4.53. The SMILES string of the molecule is COCCOC(C)CC(C)(N)C(=O)O. The van der Waals surface area contributed by atoms with Gasteiger partial charge in [-0.1, -0.05) is 0 Å². The first-order valence-electron chi connectivity index (χ1n) is 4.53. The fourth-order valence-corrected chi connectivity index (χ4v) is 1.08. The van der Waals surface area contributed by atoms with Crippen molar-refractivity contribution < 1.29 is 19.4 Å². The van der Waals surface area contributed by atoms with E-state index in [-0.39, 0.29) is 12.5 Å². The minimum Gasteiger partial charge on any atom is -0.480 e. The quantitative estimate of drug-likeness (QED) is 0.581. The maximum Gasteiger partial charge on any atom is 0.323 e. The van der Waals surface area contributed by atoms with Crippen LogP contribution in [-0.4, -0.2) is 43.0 Å². The second-order valence-electron chi connectivity index (χ2n) is 3.60. The molecule has 3 N–H and O–H groups in total. The molecule has 0 fully saturated rings. The highest BCUT2D eigenvalue weighted by Gasteiger charge is 2.30. The zero-order chi connectivity index (χ0) is 11.2. The number of hydrogen-bond acceptors (Lipinski definition) is 4. The Kier molecular flexibility index (Phi) is 5.68. The van der Waals surface area contributed by atoms with Gasteiger partial charge in [0.1, 0.15) is 5.54 Å². The van der Waals surface area contributed by atoms with Gasteiger partial charge in [0.15, 0.2) is 0 Å². The summed E-state index contributed by atoms with van der Waals surface area (Å²) in [4.78, 5) is 10.7. The Hall–Kier alpha value is -0.650. The Morgan fingerprint density at radius 1 is 1.57 bits per heavy atom. The van der Waals surface area contributed by atoms with Gasteiger partial charge in [-0.2, -0.15) is 0 Å². The summed E-state index contributed by atoms with van der Waals surface area (Å²) in [5, 5.41) is 8.76. The third-order valence-corrected chi connectivity index (χ3v) is 1.89. The standard InChI is InChI=1S/C9H19NO4/c1-7(14-5-4-13-3)6-9(2,10)8(11)12/h7H,4-6,10H2,1-3H3,(H,11,12). The van der Waals surface area contributed by atoms with Crippen molar-refractivity contribution in [1.29, 1.82) is 0 Å². The van der Waals surface area contributed by atoms with Gasteiger partial charge in [0, 0.05) is 13.5 Å². The second-order valence-corrected chi connectivity index (χ2v) is 3.60. The lowest BCUT2D eigenvalue weighted by Crippen LogP contribution is -2.47. The molecule has 5 heteroatoms. The van der Waals surface area contributed by atoms with E-state index < -0.39 is 11.5 Å². The van der Waals surface area contributed by atoms with Crippen LogP contribution in [0.1, 0.15) is 20.3 Å². The molecule has 2 unspecified atom stereocenters. The third-order valence-electron chi connectivity index (χ3n) is 1.89. The van der Waals surface area contributed by atoms with Gasteiger partial charge < -0.3 is 20.3 Å². The predicted octanol–water partition coefficient (Wildman–Crippen LogP) is 0.230. The van der Waals surface area contributed by atoms with E-state index in [1.807, 2.05) is 0 Å². The van der Waals surface area contributed by atoms with Crippen LogP contribution in [0.5, 0.6) is 0 Å². The summed E-state index contributed by atoms with van der Waals surface area (Å²) >= 11 is 0. The number of carboxylic acid groups (broad SMARTS) is 1. The van der Waals surface area contributed by atoms with Crippen LogP contribution in [0.2, 0.25) is 0 Å². The van der Waals surface area contributed by atoms with E-state index in [1.165, 1.54) is 6.92 Å². The van der Waals surface area contributed by atoms with E-state index in [1.54, 1.807) is 14.0 Å². The number of nitrogens with two attached hydrogens (primary N) is 1. The molecule has 0 spiro atoms. The topological polar surface area (TPSA) is 81.8 Å². The number of methoxy groups -OCH3 is 1. The molecule has 0 aromatic rings. The molecule has 0 aromatic carbocycles. The molecule has 5 nitrogen and oxygen atoms in total. The van der Waals surface area contributed by atoms with Crippen LogP contribution in [0.3, 0.4) is 0 Å². The summed E-state index contributed by atoms with van der Waals surface area (Å²) in [6, 6.07) is 0. The molecule has 0 heterocycles. The lowest BCUT2D eigenvalue weighted by molar-refractivity contribution is -0.144. The van der Waals surface area contributed by atoms with Crippen LogP contribution in [0, 0.1) is 0 Å². The molecule has 14 heavy (non-hydrogen) atoms. The van der Waals surface area contributed by atoms with E-state index in [9.17, 15) is 4.79 Å². The maximum atomic E-state index is 10.7. The van der Waals surface area contributed by atoms with Gasteiger partial charge in [0.05, 0.1) is 19.3 Å². The van der Waals surface area contributed by atoms with Crippen molar-refractivity contribution in [2.24, 2.45) is 5.73 Å². The number of aliphatic carboxylic acids is 1. The number of hydrogen-bond donors (Lipinski definition) is 2. The largest absolute Gasteiger partial charge is 0.480 e. The smallest absolute Gasteiger partial charge is 0.323 e. The van der Waals surface area contributed by atoms with Gasteiger partial charge >= 0.3 is 5.97 Å². The molecule has 0 aromatic heterocycles. The van der Waals surface area contributed by atoms with Crippen molar-refractivity contribution >= 4 is 5.97 Å². The minimum atomic E-state index is -1.23. The molecular formula is C9H19NO4. The van der Waals surface area contributed by atoms with E-state index in [2.05, 4.69) is 0 Å². The van der Waals surface area contributed by atoms with Crippen molar-refractivity contribution in [3.63, 3.8) is 0 Å². The molecule has 0 aliphatic rings. The summed E-state index contributed by atoms with van der Waals surface area (Å²) in [5.41, 5.74) is 4.32. The third kappa shape index (κ3) is 5.16.